The number of nitrogens with one attached hydrogen (secondary N) is 1. The van der Waals surface area contributed by atoms with Crippen LogP contribution in [-0.2, 0) is 0 Å². The first-order valence-corrected chi connectivity index (χ1v) is 21.3. The summed E-state index contributed by atoms with van der Waals surface area (Å²) < 4.78 is 13.5. The summed E-state index contributed by atoms with van der Waals surface area (Å²) in [5.41, 5.74) is 18.9. The van der Waals surface area contributed by atoms with E-state index in [9.17, 15) is 0 Å². The molecule has 0 saturated heterocycles. The van der Waals surface area contributed by atoms with E-state index in [4.69, 9.17) is 8.83 Å². The second kappa shape index (κ2) is 14.0. The first kappa shape index (κ1) is 35.2. The van der Waals surface area contributed by atoms with Crippen molar-refractivity contribution < 1.29 is 8.83 Å². The Balaban J connectivity index is 0.968. The molecule has 0 saturated carbocycles. The number of fused-ring (bicyclic) bond motifs is 9. The second-order valence-corrected chi connectivity index (χ2v) is 16.4. The van der Waals surface area contributed by atoms with Gasteiger partial charge in [0.05, 0.1) is 0 Å². The minimum absolute atomic E-state index is 0.859. The van der Waals surface area contributed by atoms with Crippen LogP contribution in [0.1, 0.15) is 0 Å². The molecule has 3 heterocycles. The Bertz CT molecular complexity index is 3620. The molecule has 3 heteroatoms. The average Bonchev–Trinajstić information content (AvgIpc) is 4.04. The number of H-pyrrole nitrogens is 1. The summed E-state index contributed by atoms with van der Waals surface area (Å²) >= 11 is 0. The molecule has 3 nitrogen and oxygen atoms in total. The Morgan fingerprint density at radius 1 is 0.317 bits per heavy atom. The van der Waals surface area contributed by atoms with E-state index in [1.807, 2.05) is 12.1 Å². The number of aromatic amines is 1. The van der Waals surface area contributed by atoms with E-state index in [2.05, 4.69) is 211 Å². The van der Waals surface area contributed by atoms with Crippen LogP contribution in [-0.4, -0.2) is 4.98 Å². The number of benzene rings is 9. The van der Waals surface area contributed by atoms with Gasteiger partial charge < -0.3 is 13.8 Å². The van der Waals surface area contributed by atoms with Gasteiger partial charge in [-0.1, -0.05) is 146 Å². The lowest BCUT2D eigenvalue weighted by Crippen LogP contribution is -1.84. The van der Waals surface area contributed by atoms with Crippen molar-refractivity contribution in [3.8, 4) is 66.8 Å². The highest BCUT2D eigenvalue weighted by molar-refractivity contribution is 6.16. The maximum absolute atomic E-state index is 6.76. The highest BCUT2D eigenvalue weighted by Gasteiger charge is 2.20. The predicted octanol–water partition coefficient (Wildman–Crippen LogP) is 16.7. The Hall–Kier alpha value is -8.58. The number of hydrogen-bond acceptors (Lipinski definition) is 2. The highest BCUT2D eigenvalue weighted by atomic mass is 16.3. The van der Waals surface area contributed by atoms with Gasteiger partial charge in [-0.3, -0.25) is 0 Å². The summed E-state index contributed by atoms with van der Waals surface area (Å²) in [7, 11) is 0. The monoisotopic (exact) mass is 801 g/mol. The van der Waals surface area contributed by atoms with Gasteiger partial charge in [0.15, 0.2) is 0 Å². The molecule has 13 rings (SSSR count). The molecule has 292 valence electrons. The fraction of sp³-hybridized carbons (Fsp3) is 0. The van der Waals surface area contributed by atoms with Crippen LogP contribution in [0.4, 0.5) is 0 Å². The van der Waals surface area contributed by atoms with Crippen molar-refractivity contribution in [1.82, 2.24) is 4.98 Å². The third kappa shape index (κ3) is 5.85. The molecule has 1 N–H and O–H groups in total. The molecule has 0 fully saturated rings. The molecule has 13 aromatic rings. The van der Waals surface area contributed by atoms with Gasteiger partial charge in [0, 0.05) is 60.0 Å². The number of rotatable bonds is 6. The second-order valence-electron chi connectivity index (χ2n) is 16.4. The van der Waals surface area contributed by atoms with E-state index >= 15 is 0 Å². The number of furan rings is 2. The fourth-order valence-electron chi connectivity index (χ4n) is 9.53. The van der Waals surface area contributed by atoms with Crippen molar-refractivity contribution in [2.24, 2.45) is 0 Å². The third-order valence-corrected chi connectivity index (χ3v) is 12.6. The topological polar surface area (TPSA) is 42.1 Å². The van der Waals surface area contributed by atoms with E-state index in [-0.39, 0.29) is 0 Å². The molecule has 63 heavy (non-hydrogen) atoms. The summed E-state index contributed by atoms with van der Waals surface area (Å²) in [4.78, 5) is 3.82. The van der Waals surface area contributed by atoms with Gasteiger partial charge in [0.1, 0.15) is 22.3 Å². The normalized spacial score (nSPS) is 11.7. The van der Waals surface area contributed by atoms with Crippen molar-refractivity contribution in [2.45, 2.75) is 0 Å². The Morgan fingerprint density at radius 3 is 1.29 bits per heavy atom. The molecule has 0 aliphatic carbocycles. The Morgan fingerprint density at radius 2 is 0.778 bits per heavy atom. The van der Waals surface area contributed by atoms with E-state index in [1.165, 1.54) is 22.1 Å². The molecule has 0 radical (unpaired) electrons. The lowest BCUT2D eigenvalue weighted by atomic mass is 9.94. The quantitative estimate of drug-likeness (QED) is 0.182. The van der Waals surface area contributed by atoms with E-state index in [0.29, 0.717) is 0 Å². The smallest absolute Gasteiger partial charge is 0.143 e. The van der Waals surface area contributed by atoms with Crippen LogP contribution in [0.25, 0.3) is 132 Å². The maximum atomic E-state index is 6.76. The van der Waals surface area contributed by atoms with Gasteiger partial charge >= 0.3 is 0 Å². The number of aromatic nitrogens is 1. The van der Waals surface area contributed by atoms with Crippen LogP contribution in [0, 0.1) is 12.1 Å². The highest BCUT2D eigenvalue weighted by Crippen LogP contribution is 2.44. The van der Waals surface area contributed by atoms with Gasteiger partial charge in [0.2, 0.25) is 0 Å². The Kier molecular flexibility index (Phi) is 7.82. The van der Waals surface area contributed by atoms with Crippen molar-refractivity contribution >= 4 is 65.7 Å². The third-order valence-electron chi connectivity index (χ3n) is 12.6. The van der Waals surface area contributed by atoms with E-state index in [1.54, 1.807) is 0 Å². The van der Waals surface area contributed by atoms with Gasteiger partial charge in [-0.2, -0.15) is 0 Å². The van der Waals surface area contributed by atoms with Crippen LogP contribution in [0.5, 0.6) is 0 Å². The van der Waals surface area contributed by atoms with Gasteiger partial charge in [-0.25, -0.2) is 0 Å². The van der Waals surface area contributed by atoms with Crippen molar-refractivity contribution in [2.75, 3.05) is 0 Å². The summed E-state index contributed by atoms with van der Waals surface area (Å²) in [5, 5.41) is 6.68. The lowest BCUT2D eigenvalue weighted by molar-refractivity contribution is 0.669. The standard InChI is InChI=1S/C60H35NO2/c1-5-13-37(14-6-1)41-23-27-57-51(29-41)53-33-45(39-17-9-3-10-18-39)31-49(59(53)62-57)43-21-25-47-48-26-22-44(36-56(48)61-55(47)35-43)50-32-46(40-19-11-4-12-20-40)34-54-52-30-42(38-15-7-2-8-16-38)24-28-58(52)63-60(50)54/h1-11,13-19,21-36,61H. The molecule has 0 bridgehead atoms. The number of hydrogen-bond donors (Lipinski definition) is 1. The summed E-state index contributed by atoms with van der Waals surface area (Å²) in [6, 6.07) is 79.6. The molecule has 0 amide bonds. The van der Waals surface area contributed by atoms with E-state index in [0.717, 1.165) is 110 Å². The zero-order valence-electron chi connectivity index (χ0n) is 33.9. The van der Waals surface area contributed by atoms with Gasteiger partial charge in [-0.05, 0) is 123 Å². The molecule has 0 spiro atoms. The van der Waals surface area contributed by atoms with Gasteiger partial charge in [-0.15, -0.1) is 0 Å². The molecule has 3 aromatic heterocycles. The summed E-state index contributed by atoms with van der Waals surface area (Å²) in [6.45, 7) is 0. The van der Waals surface area contributed by atoms with Crippen LogP contribution >= 0.6 is 0 Å². The van der Waals surface area contributed by atoms with E-state index < -0.39 is 0 Å². The maximum Gasteiger partial charge on any atom is 0.143 e. The first-order valence-electron chi connectivity index (χ1n) is 21.3. The van der Waals surface area contributed by atoms with Gasteiger partial charge in [0.25, 0.3) is 0 Å². The first-order chi connectivity index (χ1) is 31.2. The minimum atomic E-state index is 0.859. The molecular formula is C60H35NO2. The molecule has 0 aliphatic heterocycles. The predicted molar refractivity (Wildman–Crippen MR) is 261 cm³/mol. The molecule has 0 unspecified atom stereocenters. The summed E-state index contributed by atoms with van der Waals surface area (Å²) in [6.07, 6.45) is 0. The van der Waals surface area contributed by atoms with Crippen molar-refractivity contribution in [1.29, 1.82) is 0 Å². The fourth-order valence-corrected chi connectivity index (χ4v) is 9.53. The summed E-state index contributed by atoms with van der Waals surface area (Å²) in [5.74, 6) is 0. The molecular weight excluding hydrogens is 767 g/mol. The zero-order valence-corrected chi connectivity index (χ0v) is 33.9. The largest absolute Gasteiger partial charge is 0.455 e. The van der Waals surface area contributed by atoms with Crippen molar-refractivity contribution in [3.05, 3.63) is 218 Å². The molecule has 10 aromatic carbocycles. The van der Waals surface area contributed by atoms with Crippen molar-refractivity contribution in [3.63, 3.8) is 0 Å². The lowest BCUT2D eigenvalue weighted by Gasteiger charge is -2.09. The van der Waals surface area contributed by atoms with Crippen LogP contribution in [0.15, 0.2) is 215 Å². The van der Waals surface area contributed by atoms with Crippen LogP contribution in [0.2, 0.25) is 0 Å². The minimum Gasteiger partial charge on any atom is -0.455 e. The van der Waals surface area contributed by atoms with Crippen LogP contribution < -0.4 is 0 Å². The average molecular weight is 802 g/mol. The zero-order chi connectivity index (χ0) is 41.4. The Labute approximate surface area is 363 Å². The van der Waals surface area contributed by atoms with Crippen LogP contribution in [0.3, 0.4) is 0 Å². The molecule has 0 atom stereocenters. The molecule has 0 aliphatic rings. The SMILES string of the molecule is c1cccc(-c2cc(-c3ccc4c(c3)[nH]c3cc(-c5cc(-c6ccccc6)cc6c5oc5ccc(-c7ccccc7)cc56)ccc34)c3oc4ccc(-c5ccccc5)cc4c3c2)c#1.